The van der Waals surface area contributed by atoms with Gasteiger partial charge in [0.05, 0.1) is 0 Å². The van der Waals surface area contributed by atoms with Crippen LogP contribution >= 0.6 is 12.4 Å². The molecule has 3 aromatic carbocycles. The quantitative estimate of drug-likeness (QED) is 0.585. The number of nitrogens with two attached hydrogens (primary N) is 1. The van der Waals surface area contributed by atoms with Gasteiger partial charge in [0.2, 0.25) is 0 Å². The molecule has 0 saturated carbocycles. The Morgan fingerprint density at radius 2 is 1.54 bits per heavy atom. The van der Waals surface area contributed by atoms with E-state index in [0.29, 0.717) is 19.1 Å². The Morgan fingerprint density at radius 3 is 2.15 bits per heavy atom. The van der Waals surface area contributed by atoms with E-state index in [1.165, 1.54) is 5.56 Å². The van der Waals surface area contributed by atoms with Gasteiger partial charge in [0.1, 0.15) is 12.4 Å². The number of hydrogen-bond acceptors (Lipinski definition) is 2. The second kappa shape index (κ2) is 9.42. The van der Waals surface area contributed by atoms with E-state index in [0.717, 1.165) is 28.0 Å². The smallest absolute Gasteiger partial charge is 0.127 e. The van der Waals surface area contributed by atoms with Crippen LogP contribution in [-0.4, -0.2) is 0 Å². The van der Waals surface area contributed by atoms with Crippen molar-refractivity contribution in [3.8, 4) is 16.9 Å². The fourth-order valence-corrected chi connectivity index (χ4v) is 2.83. The third kappa shape index (κ3) is 4.87. The molecule has 0 fully saturated rings. The summed E-state index contributed by atoms with van der Waals surface area (Å²) in [4.78, 5) is 0. The number of halogens is 1. The lowest BCUT2D eigenvalue weighted by molar-refractivity contribution is 0.307. The summed E-state index contributed by atoms with van der Waals surface area (Å²) in [5.74, 6) is 1.41. The summed E-state index contributed by atoms with van der Waals surface area (Å²) in [6.07, 6.45) is 0. The van der Waals surface area contributed by atoms with Crippen molar-refractivity contribution in [1.29, 1.82) is 0 Å². The Kier molecular flexibility index (Phi) is 7.26. The molecule has 0 atom stereocenters. The molecular formula is C23H26ClNO. The summed E-state index contributed by atoms with van der Waals surface area (Å²) in [5, 5.41) is 0. The van der Waals surface area contributed by atoms with Gasteiger partial charge in [-0.15, -0.1) is 12.4 Å². The van der Waals surface area contributed by atoms with Crippen LogP contribution in [0.25, 0.3) is 11.1 Å². The SMILES string of the molecule is CC(C)c1ccc(-c2ccc(CN)cc2OCc2ccccc2)cc1.Cl. The van der Waals surface area contributed by atoms with Gasteiger partial charge >= 0.3 is 0 Å². The van der Waals surface area contributed by atoms with Crippen molar-refractivity contribution in [3.63, 3.8) is 0 Å². The molecule has 0 spiro atoms. The second-order valence-corrected chi connectivity index (χ2v) is 6.59. The van der Waals surface area contributed by atoms with Gasteiger partial charge < -0.3 is 10.5 Å². The topological polar surface area (TPSA) is 35.2 Å². The molecule has 0 bridgehead atoms. The van der Waals surface area contributed by atoms with Gasteiger partial charge in [0.15, 0.2) is 0 Å². The highest BCUT2D eigenvalue weighted by Crippen LogP contribution is 2.32. The zero-order valence-electron chi connectivity index (χ0n) is 15.3. The average molecular weight is 368 g/mol. The van der Waals surface area contributed by atoms with Crippen LogP contribution in [-0.2, 0) is 13.2 Å². The average Bonchev–Trinajstić information content (AvgIpc) is 2.67. The van der Waals surface area contributed by atoms with E-state index in [-0.39, 0.29) is 12.4 Å². The number of ether oxygens (including phenoxy) is 1. The first-order chi connectivity index (χ1) is 12.2. The molecule has 0 saturated heterocycles. The Hall–Kier alpha value is -2.29. The fraction of sp³-hybridized carbons (Fsp3) is 0.217. The molecule has 136 valence electrons. The monoisotopic (exact) mass is 367 g/mol. The standard InChI is InChI=1S/C23H25NO.ClH/c1-17(2)20-9-11-21(12-10-20)22-13-8-19(15-24)14-23(22)25-16-18-6-4-3-5-7-18;/h3-14,17H,15-16,24H2,1-2H3;1H. The molecule has 0 unspecified atom stereocenters. The Labute approximate surface area is 162 Å². The third-order valence-corrected chi connectivity index (χ3v) is 4.41. The number of rotatable bonds is 6. The van der Waals surface area contributed by atoms with Gasteiger partial charge in [-0.25, -0.2) is 0 Å². The highest BCUT2D eigenvalue weighted by molar-refractivity contribution is 5.85. The van der Waals surface area contributed by atoms with Crippen molar-refractivity contribution in [2.45, 2.75) is 32.9 Å². The van der Waals surface area contributed by atoms with Crippen molar-refractivity contribution < 1.29 is 4.74 Å². The Balaban J connectivity index is 0.00000243. The molecule has 0 heterocycles. The Bertz CT molecular complexity index is 813. The summed E-state index contributed by atoms with van der Waals surface area (Å²) in [6.45, 7) is 5.47. The van der Waals surface area contributed by atoms with Gasteiger partial charge in [-0.1, -0.05) is 80.6 Å². The third-order valence-electron chi connectivity index (χ3n) is 4.41. The molecule has 3 aromatic rings. The first kappa shape index (κ1) is 20.0. The molecule has 2 nitrogen and oxygen atoms in total. The molecule has 0 aromatic heterocycles. The minimum atomic E-state index is 0. The normalized spacial score (nSPS) is 10.5. The highest BCUT2D eigenvalue weighted by Gasteiger charge is 2.09. The van der Waals surface area contributed by atoms with Crippen LogP contribution < -0.4 is 10.5 Å². The van der Waals surface area contributed by atoms with Crippen molar-refractivity contribution in [2.24, 2.45) is 5.73 Å². The van der Waals surface area contributed by atoms with E-state index in [1.54, 1.807) is 0 Å². The first-order valence-corrected chi connectivity index (χ1v) is 8.77. The van der Waals surface area contributed by atoms with Gasteiger partial charge in [-0.05, 0) is 34.2 Å². The minimum absolute atomic E-state index is 0. The number of benzene rings is 3. The molecule has 0 aliphatic carbocycles. The molecule has 3 heteroatoms. The first-order valence-electron chi connectivity index (χ1n) is 8.77. The van der Waals surface area contributed by atoms with E-state index in [9.17, 15) is 0 Å². The maximum atomic E-state index is 6.14. The predicted octanol–water partition coefficient (Wildman–Crippen LogP) is 5.94. The number of hydrogen-bond donors (Lipinski definition) is 1. The molecule has 0 aliphatic rings. The van der Waals surface area contributed by atoms with E-state index in [1.807, 2.05) is 18.2 Å². The van der Waals surface area contributed by atoms with E-state index in [4.69, 9.17) is 10.5 Å². The predicted molar refractivity (Wildman–Crippen MR) is 112 cm³/mol. The molecule has 3 rings (SSSR count). The highest BCUT2D eigenvalue weighted by atomic mass is 35.5. The largest absolute Gasteiger partial charge is 0.488 e. The van der Waals surface area contributed by atoms with Crippen LogP contribution in [0, 0.1) is 0 Å². The summed E-state index contributed by atoms with van der Waals surface area (Å²) in [7, 11) is 0. The summed E-state index contributed by atoms with van der Waals surface area (Å²) in [6, 6.07) is 25.2. The summed E-state index contributed by atoms with van der Waals surface area (Å²) < 4.78 is 6.14. The van der Waals surface area contributed by atoms with Crippen molar-refractivity contribution >= 4 is 12.4 Å². The van der Waals surface area contributed by atoms with Gasteiger partial charge in [0, 0.05) is 12.1 Å². The molecule has 2 N–H and O–H groups in total. The molecule has 0 radical (unpaired) electrons. The van der Waals surface area contributed by atoms with Crippen LogP contribution in [0.2, 0.25) is 0 Å². The van der Waals surface area contributed by atoms with Gasteiger partial charge in [-0.2, -0.15) is 0 Å². The lowest BCUT2D eigenvalue weighted by atomic mass is 9.97. The van der Waals surface area contributed by atoms with E-state index >= 15 is 0 Å². The van der Waals surface area contributed by atoms with E-state index in [2.05, 4.69) is 68.4 Å². The molecular weight excluding hydrogens is 342 g/mol. The lowest BCUT2D eigenvalue weighted by Crippen LogP contribution is -2.01. The molecule has 26 heavy (non-hydrogen) atoms. The fourth-order valence-electron chi connectivity index (χ4n) is 2.83. The summed E-state index contributed by atoms with van der Waals surface area (Å²) in [5.41, 5.74) is 11.6. The lowest BCUT2D eigenvalue weighted by Gasteiger charge is -2.14. The van der Waals surface area contributed by atoms with Crippen LogP contribution in [0.4, 0.5) is 0 Å². The zero-order chi connectivity index (χ0) is 17.6. The van der Waals surface area contributed by atoms with E-state index < -0.39 is 0 Å². The van der Waals surface area contributed by atoms with Crippen molar-refractivity contribution in [3.05, 3.63) is 89.5 Å². The molecule has 0 aliphatic heterocycles. The Morgan fingerprint density at radius 1 is 0.846 bits per heavy atom. The molecule has 0 amide bonds. The van der Waals surface area contributed by atoms with Gasteiger partial charge in [-0.3, -0.25) is 0 Å². The van der Waals surface area contributed by atoms with Crippen molar-refractivity contribution in [2.75, 3.05) is 0 Å². The van der Waals surface area contributed by atoms with Crippen LogP contribution in [0.15, 0.2) is 72.8 Å². The maximum Gasteiger partial charge on any atom is 0.127 e. The maximum absolute atomic E-state index is 6.14. The van der Waals surface area contributed by atoms with Gasteiger partial charge in [0.25, 0.3) is 0 Å². The summed E-state index contributed by atoms with van der Waals surface area (Å²) >= 11 is 0. The second-order valence-electron chi connectivity index (χ2n) is 6.59. The van der Waals surface area contributed by atoms with Crippen LogP contribution in [0.1, 0.15) is 36.5 Å². The van der Waals surface area contributed by atoms with Crippen molar-refractivity contribution in [1.82, 2.24) is 0 Å². The minimum Gasteiger partial charge on any atom is -0.488 e. The van der Waals surface area contributed by atoms with Crippen LogP contribution in [0.5, 0.6) is 5.75 Å². The zero-order valence-corrected chi connectivity index (χ0v) is 16.1. The van der Waals surface area contributed by atoms with Crippen LogP contribution in [0.3, 0.4) is 0 Å².